The molecule has 1 aliphatic heterocycles. The molecule has 0 bridgehead atoms. The van der Waals surface area contributed by atoms with Crippen LogP contribution in [0.1, 0.15) is 18.1 Å². The fourth-order valence-corrected chi connectivity index (χ4v) is 3.55. The van der Waals surface area contributed by atoms with E-state index in [0.29, 0.717) is 5.69 Å². The number of hydrogen-bond donors (Lipinski definition) is 1. The van der Waals surface area contributed by atoms with E-state index < -0.39 is 5.82 Å². The summed E-state index contributed by atoms with van der Waals surface area (Å²) in [4.78, 5) is 17.1. The van der Waals surface area contributed by atoms with Crippen LogP contribution in [0.5, 0.6) is 0 Å². The molecule has 1 N–H and O–H groups in total. The topological polar surface area (TPSA) is 35.6 Å². The number of hydrogen-bond acceptors (Lipinski definition) is 3. The highest BCUT2D eigenvalue weighted by molar-refractivity contribution is 6.33. The van der Waals surface area contributed by atoms with Crippen LogP contribution in [0.15, 0.2) is 42.5 Å². The summed E-state index contributed by atoms with van der Waals surface area (Å²) in [5.74, 6) is -0.549. The second-order valence-electron chi connectivity index (χ2n) is 7.03. The van der Waals surface area contributed by atoms with Gasteiger partial charge in [0.05, 0.1) is 16.8 Å². The number of carbonyl (C=O) groups is 1. The molecule has 1 atom stereocenters. The van der Waals surface area contributed by atoms with Gasteiger partial charge in [-0.25, -0.2) is 4.39 Å². The van der Waals surface area contributed by atoms with Gasteiger partial charge in [0, 0.05) is 32.7 Å². The van der Waals surface area contributed by atoms with Gasteiger partial charge in [0.25, 0.3) is 0 Å². The molecule has 3 rings (SSSR count). The minimum Gasteiger partial charge on any atom is -0.323 e. The van der Waals surface area contributed by atoms with Gasteiger partial charge in [0.1, 0.15) is 5.82 Å². The van der Waals surface area contributed by atoms with E-state index >= 15 is 0 Å². The number of aryl methyl sites for hydroxylation is 1. The second-order valence-corrected chi connectivity index (χ2v) is 7.44. The molecule has 2 aromatic rings. The molecule has 2 aromatic carbocycles. The third-order valence-corrected chi connectivity index (χ3v) is 5.49. The zero-order chi connectivity index (χ0) is 19.4. The molecule has 0 unspecified atom stereocenters. The molecule has 144 valence electrons. The molecule has 1 heterocycles. The van der Waals surface area contributed by atoms with Crippen LogP contribution in [0.3, 0.4) is 0 Å². The SMILES string of the molecule is Cc1ccccc1CN1CCN([C@@H](C)C(=O)Nc2ccc(F)cc2Cl)CC1. The number of anilines is 1. The molecule has 0 spiro atoms. The molecule has 0 saturated carbocycles. The first-order valence-electron chi connectivity index (χ1n) is 9.21. The van der Waals surface area contributed by atoms with E-state index in [1.54, 1.807) is 0 Å². The standard InChI is InChI=1S/C21H25ClFN3O/c1-15-5-3-4-6-17(15)14-25-9-11-26(12-10-25)16(2)21(27)24-20-8-7-18(23)13-19(20)22/h3-8,13,16H,9-12,14H2,1-2H3,(H,24,27)/t16-/m0/s1. The van der Waals surface area contributed by atoms with Crippen LogP contribution in [0.4, 0.5) is 10.1 Å². The van der Waals surface area contributed by atoms with Crippen LogP contribution in [0, 0.1) is 12.7 Å². The van der Waals surface area contributed by atoms with Crippen LogP contribution < -0.4 is 5.32 Å². The lowest BCUT2D eigenvalue weighted by molar-refractivity contribution is -0.121. The van der Waals surface area contributed by atoms with E-state index in [-0.39, 0.29) is 17.0 Å². The van der Waals surface area contributed by atoms with Gasteiger partial charge < -0.3 is 5.32 Å². The van der Waals surface area contributed by atoms with Crippen LogP contribution in [0.2, 0.25) is 5.02 Å². The minimum absolute atomic E-state index is 0.129. The number of nitrogens with one attached hydrogen (secondary N) is 1. The third-order valence-electron chi connectivity index (χ3n) is 5.18. The van der Waals surface area contributed by atoms with Gasteiger partial charge in [0.2, 0.25) is 5.91 Å². The highest BCUT2D eigenvalue weighted by Gasteiger charge is 2.26. The zero-order valence-corrected chi connectivity index (χ0v) is 16.5. The number of benzene rings is 2. The average molecular weight is 390 g/mol. The summed E-state index contributed by atoms with van der Waals surface area (Å²) < 4.78 is 13.1. The first-order valence-corrected chi connectivity index (χ1v) is 9.58. The van der Waals surface area contributed by atoms with Gasteiger partial charge in [-0.15, -0.1) is 0 Å². The van der Waals surface area contributed by atoms with Crippen molar-refractivity contribution in [2.45, 2.75) is 26.4 Å². The fraction of sp³-hybridized carbons (Fsp3) is 0.381. The summed E-state index contributed by atoms with van der Waals surface area (Å²) in [6.07, 6.45) is 0. The Kier molecular flexibility index (Phi) is 6.47. The minimum atomic E-state index is -0.421. The Hall–Kier alpha value is -1.95. The Balaban J connectivity index is 1.52. The summed E-state index contributed by atoms with van der Waals surface area (Å²) in [6, 6.07) is 12.1. The smallest absolute Gasteiger partial charge is 0.241 e. The predicted molar refractivity (Wildman–Crippen MR) is 108 cm³/mol. The highest BCUT2D eigenvalue weighted by atomic mass is 35.5. The molecular weight excluding hydrogens is 365 g/mol. The van der Waals surface area contributed by atoms with Gasteiger partial charge in [-0.3, -0.25) is 14.6 Å². The van der Waals surface area contributed by atoms with Crippen molar-refractivity contribution >= 4 is 23.2 Å². The molecule has 0 aromatic heterocycles. The summed E-state index contributed by atoms with van der Waals surface area (Å²) in [7, 11) is 0. The summed E-state index contributed by atoms with van der Waals surface area (Å²) in [5, 5.41) is 3.01. The van der Waals surface area contributed by atoms with Gasteiger partial charge in [-0.1, -0.05) is 35.9 Å². The molecule has 0 radical (unpaired) electrons. The monoisotopic (exact) mass is 389 g/mol. The summed E-state index contributed by atoms with van der Waals surface area (Å²) >= 11 is 6.00. The quantitative estimate of drug-likeness (QED) is 0.841. The van der Waals surface area contributed by atoms with E-state index in [9.17, 15) is 9.18 Å². The summed E-state index contributed by atoms with van der Waals surface area (Å²) in [6.45, 7) is 8.47. The lowest BCUT2D eigenvalue weighted by Crippen LogP contribution is -2.52. The Morgan fingerprint density at radius 1 is 1.19 bits per heavy atom. The third kappa shape index (κ3) is 5.06. The fourth-order valence-electron chi connectivity index (χ4n) is 3.33. The number of rotatable bonds is 5. The van der Waals surface area contributed by atoms with Gasteiger partial charge in [-0.2, -0.15) is 0 Å². The number of amides is 1. The molecule has 1 fully saturated rings. The Bertz CT molecular complexity index is 806. The second kappa shape index (κ2) is 8.83. The normalized spacial score (nSPS) is 16.9. The number of nitrogens with zero attached hydrogens (tertiary/aromatic N) is 2. The Labute approximate surface area is 164 Å². The van der Waals surface area contributed by atoms with Crippen molar-refractivity contribution in [2.24, 2.45) is 0 Å². The number of halogens is 2. The van der Waals surface area contributed by atoms with E-state index in [1.165, 1.54) is 29.3 Å². The largest absolute Gasteiger partial charge is 0.323 e. The van der Waals surface area contributed by atoms with Crippen molar-refractivity contribution in [3.63, 3.8) is 0 Å². The van der Waals surface area contributed by atoms with Crippen LogP contribution in [-0.2, 0) is 11.3 Å². The molecule has 0 aliphatic carbocycles. The maximum Gasteiger partial charge on any atom is 0.241 e. The number of carbonyl (C=O) groups excluding carboxylic acids is 1. The van der Waals surface area contributed by atoms with Crippen molar-refractivity contribution in [1.29, 1.82) is 0 Å². The van der Waals surface area contributed by atoms with Crippen molar-refractivity contribution in [3.05, 3.63) is 64.4 Å². The Morgan fingerprint density at radius 3 is 2.56 bits per heavy atom. The van der Waals surface area contributed by atoms with Crippen LogP contribution in [-0.4, -0.2) is 47.9 Å². The molecule has 1 amide bonds. The Morgan fingerprint density at radius 2 is 1.89 bits per heavy atom. The van der Waals surface area contributed by atoms with Crippen LogP contribution in [0.25, 0.3) is 0 Å². The van der Waals surface area contributed by atoms with E-state index in [2.05, 4.69) is 46.3 Å². The first-order chi connectivity index (χ1) is 12.9. The summed E-state index contributed by atoms with van der Waals surface area (Å²) in [5.41, 5.74) is 3.10. The zero-order valence-electron chi connectivity index (χ0n) is 15.7. The van der Waals surface area contributed by atoms with Gasteiger partial charge in [0.15, 0.2) is 0 Å². The van der Waals surface area contributed by atoms with E-state index in [0.717, 1.165) is 32.7 Å². The molecule has 27 heavy (non-hydrogen) atoms. The number of piperazine rings is 1. The van der Waals surface area contributed by atoms with Crippen molar-refractivity contribution < 1.29 is 9.18 Å². The molecule has 4 nitrogen and oxygen atoms in total. The van der Waals surface area contributed by atoms with Crippen molar-refractivity contribution in [3.8, 4) is 0 Å². The van der Waals surface area contributed by atoms with Gasteiger partial charge in [-0.05, 0) is 43.2 Å². The maximum atomic E-state index is 13.1. The average Bonchev–Trinajstić information content (AvgIpc) is 2.66. The predicted octanol–water partition coefficient (Wildman–Crippen LogP) is 3.93. The van der Waals surface area contributed by atoms with Crippen molar-refractivity contribution in [2.75, 3.05) is 31.5 Å². The van der Waals surface area contributed by atoms with Gasteiger partial charge >= 0.3 is 0 Å². The lowest BCUT2D eigenvalue weighted by atomic mass is 10.1. The molecule has 1 saturated heterocycles. The lowest BCUT2D eigenvalue weighted by Gasteiger charge is -2.37. The first kappa shape index (κ1) is 19.8. The van der Waals surface area contributed by atoms with Crippen LogP contribution >= 0.6 is 11.6 Å². The molecular formula is C21H25ClFN3O. The maximum absolute atomic E-state index is 13.1. The molecule has 6 heteroatoms. The molecule has 1 aliphatic rings. The van der Waals surface area contributed by atoms with E-state index in [4.69, 9.17) is 11.6 Å². The van der Waals surface area contributed by atoms with Crippen molar-refractivity contribution in [1.82, 2.24) is 9.80 Å². The highest BCUT2D eigenvalue weighted by Crippen LogP contribution is 2.23. The van der Waals surface area contributed by atoms with E-state index in [1.807, 2.05) is 6.92 Å².